The molecule has 2 nitrogen and oxygen atoms in total. The van der Waals surface area contributed by atoms with Gasteiger partial charge in [-0.1, -0.05) is 26.0 Å². The molecule has 0 unspecified atom stereocenters. The van der Waals surface area contributed by atoms with Crippen molar-refractivity contribution in [2.75, 3.05) is 33.2 Å². The van der Waals surface area contributed by atoms with Gasteiger partial charge in [-0.3, -0.25) is 0 Å². The van der Waals surface area contributed by atoms with E-state index in [1.54, 1.807) is 12.1 Å². The van der Waals surface area contributed by atoms with E-state index in [1.165, 1.54) is 6.07 Å². The minimum absolute atomic E-state index is 0.145. The normalized spacial score (nSPS) is 11.4. The van der Waals surface area contributed by atoms with Gasteiger partial charge >= 0.3 is 0 Å². The van der Waals surface area contributed by atoms with Crippen LogP contribution in [0.5, 0.6) is 0 Å². The van der Waals surface area contributed by atoms with E-state index in [1.807, 2.05) is 6.07 Å². The lowest BCUT2D eigenvalue weighted by Crippen LogP contribution is -2.32. The van der Waals surface area contributed by atoms with Gasteiger partial charge in [0.2, 0.25) is 0 Å². The zero-order valence-electron chi connectivity index (χ0n) is 11.7. The molecule has 3 heteroatoms. The van der Waals surface area contributed by atoms with Gasteiger partial charge in [0.1, 0.15) is 5.82 Å². The van der Waals surface area contributed by atoms with Crippen LogP contribution in [-0.2, 0) is 6.42 Å². The number of likely N-dealkylation sites (N-methyl/N-ethyl adjacent to an activating group) is 1. The van der Waals surface area contributed by atoms with Gasteiger partial charge in [0.15, 0.2) is 0 Å². The largest absolute Gasteiger partial charge is 0.315 e. The topological polar surface area (TPSA) is 15.3 Å². The fraction of sp³-hybridized carbons (Fsp3) is 0.600. The molecule has 0 radical (unpaired) electrons. The maximum atomic E-state index is 13.0. The molecule has 0 atom stereocenters. The fourth-order valence-electron chi connectivity index (χ4n) is 1.78. The molecule has 0 aliphatic heterocycles. The molecule has 1 aromatic rings. The van der Waals surface area contributed by atoms with Gasteiger partial charge in [-0.25, -0.2) is 4.39 Å². The summed E-state index contributed by atoms with van der Waals surface area (Å²) in [5, 5.41) is 3.42. The number of hydrogen-bond acceptors (Lipinski definition) is 2. The Balaban J connectivity index is 2.15. The molecule has 18 heavy (non-hydrogen) atoms. The van der Waals surface area contributed by atoms with Gasteiger partial charge in [0.05, 0.1) is 0 Å². The Morgan fingerprint density at radius 3 is 2.72 bits per heavy atom. The van der Waals surface area contributed by atoms with E-state index >= 15 is 0 Å². The zero-order valence-corrected chi connectivity index (χ0v) is 11.7. The minimum atomic E-state index is -0.145. The molecular weight excluding hydrogens is 227 g/mol. The smallest absolute Gasteiger partial charge is 0.123 e. The Kier molecular flexibility index (Phi) is 6.91. The molecule has 1 rings (SSSR count). The Bertz CT molecular complexity index is 339. The van der Waals surface area contributed by atoms with E-state index in [0.29, 0.717) is 5.92 Å². The third-order valence-electron chi connectivity index (χ3n) is 2.89. The standard InChI is InChI=1S/C15H25FN2/c1-13(2)12-17-8-10-18(3)9-7-14-5-4-6-15(16)11-14/h4-6,11,13,17H,7-10,12H2,1-3H3. The van der Waals surface area contributed by atoms with Crippen LogP contribution in [0, 0.1) is 11.7 Å². The minimum Gasteiger partial charge on any atom is -0.315 e. The summed E-state index contributed by atoms with van der Waals surface area (Å²) < 4.78 is 13.0. The van der Waals surface area contributed by atoms with Crippen molar-refractivity contribution in [2.24, 2.45) is 5.92 Å². The second kappa shape index (κ2) is 8.22. The molecule has 0 fully saturated rings. The summed E-state index contributed by atoms with van der Waals surface area (Å²) in [6, 6.07) is 6.86. The summed E-state index contributed by atoms with van der Waals surface area (Å²) in [5.41, 5.74) is 1.07. The summed E-state index contributed by atoms with van der Waals surface area (Å²) in [7, 11) is 2.11. The summed E-state index contributed by atoms with van der Waals surface area (Å²) in [6.45, 7) is 8.49. The molecule has 102 valence electrons. The highest BCUT2D eigenvalue weighted by Crippen LogP contribution is 2.04. The van der Waals surface area contributed by atoms with Gasteiger partial charge in [-0.05, 0) is 43.6 Å². The molecule has 0 heterocycles. The van der Waals surface area contributed by atoms with Crippen LogP contribution >= 0.6 is 0 Å². The first kappa shape index (κ1) is 15.1. The molecule has 0 aromatic heterocycles. The van der Waals surface area contributed by atoms with Crippen LogP contribution in [0.2, 0.25) is 0 Å². The highest BCUT2D eigenvalue weighted by atomic mass is 19.1. The first-order valence-corrected chi connectivity index (χ1v) is 6.71. The predicted octanol–water partition coefficient (Wildman–Crippen LogP) is 2.55. The van der Waals surface area contributed by atoms with E-state index in [0.717, 1.165) is 38.2 Å². The lowest BCUT2D eigenvalue weighted by molar-refractivity contribution is 0.332. The van der Waals surface area contributed by atoms with Crippen LogP contribution < -0.4 is 5.32 Å². The number of nitrogens with zero attached hydrogens (tertiary/aromatic N) is 1. The van der Waals surface area contributed by atoms with Crippen molar-refractivity contribution in [3.8, 4) is 0 Å². The lowest BCUT2D eigenvalue weighted by atomic mass is 10.1. The Hall–Kier alpha value is -0.930. The van der Waals surface area contributed by atoms with Crippen LogP contribution in [0.4, 0.5) is 4.39 Å². The molecule has 0 aliphatic carbocycles. The summed E-state index contributed by atoms with van der Waals surface area (Å²) in [6.07, 6.45) is 0.901. The predicted molar refractivity (Wildman–Crippen MR) is 75.3 cm³/mol. The van der Waals surface area contributed by atoms with Gasteiger partial charge in [0, 0.05) is 19.6 Å². The average molecular weight is 252 g/mol. The quantitative estimate of drug-likeness (QED) is 0.715. The fourth-order valence-corrected chi connectivity index (χ4v) is 1.78. The van der Waals surface area contributed by atoms with Crippen molar-refractivity contribution in [2.45, 2.75) is 20.3 Å². The van der Waals surface area contributed by atoms with E-state index in [-0.39, 0.29) is 5.82 Å². The molecule has 1 N–H and O–H groups in total. The Labute approximate surface area is 110 Å². The third-order valence-corrected chi connectivity index (χ3v) is 2.89. The van der Waals surface area contributed by atoms with E-state index in [4.69, 9.17) is 0 Å². The zero-order chi connectivity index (χ0) is 13.4. The number of hydrogen-bond donors (Lipinski definition) is 1. The number of nitrogens with one attached hydrogen (secondary N) is 1. The van der Waals surface area contributed by atoms with Crippen molar-refractivity contribution >= 4 is 0 Å². The van der Waals surface area contributed by atoms with E-state index in [9.17, 15) is 4.39 Å². The monoisotopic (exact) mass is 252 g/mol. The maximum Gasteiger partial charge on any atom is 0.123 e. The molecule has 0 saturated carbocycles. The van der Waals surface area contributed by atoms with E-state index < -0.39 is 0 Å². The molecule has 0 bridgehead atoms. The molecule has 1 aromatic carbocycles. The van der Waals surface area contributed by atoms with E-state index in [2.05, 4.69) is 31.1 Å². The lowest BCUT2D eigenvalue weighted by Gasteiger charge is -2.17. The van der Waals surface area contributed by atoms with Crippen LogP contribution in [0.1, 0.15) is 19.4 Å². The SMILES string of the molecule is CC(C)CNCCN(C)CCc1cccc(F)c1. The highest BCUT2D eigenvalue weighted by molar-refractivity contribution is 5.16. The molecule has 0 aliphatic rings. The first-order valence-electron chi connectivity index (χ1n) is 6.71. The highest BCUT2D eigenvalue weighted by Gasteiger charge is 2.00. The van der Waals surface area contributed by atoms with Crippen molar-refractivity contribution in [3.63, 3.8) is 0 Å². The molecule has 0 saturated heterocycles. The van der Waals surface area contributed by atoms with Gasteiger partial charge in [-0.2, -0.15) is 0 Å². The van der Waals surface area contributed by atoms with Crippen LogP contribution in [0.3, 0.4) is 0 Å². The van der Waals surface area contributed by atoms with Gasteiger partial charge < -0.3 is 10.2 Å². The van der Waals surface area contributed by atoms with Gasteiger partial charge in [-0.15, -0.1) is 0 Å². The van der Waals surface area contributed by atoms with Crippen molar-refractivity contribution in [1.29, 1.82) is 0 Å². The number of halogens is 1. The Morgan fingerprint density at radius 2 is 2.06 bits per heavy atom. The van der Waals surface area contributed by atoms with Crippen LogP contribution in [-0.4, -0.2) is 38.1 Å². The summed E-state index contributed by atoms with van der Waals surface area (Å²) in [5.74, 6) is 0.552. The molecule has 0 amide bonds. The average Bonchev–Trinajstić information content (AvgIpc) is 2.32. The molecule has 0 spiro atoms. The third kappa shape index (κ3) is 6.72. The van der Waals surface area contributed by atoms with Crippen LogP contribution in [0.25, 0.3) is 0 Å². The number of rotatable bonds is 8. The van der Waals surface area contributed by atoms with Gasteiger partial charge in [0.25, 0.3) is 0 Å². The van der Waals surface area contributed by atoms with Crippen LogP contribution in [0.15, 0.2) is 24.3 Å². The van der Waals surface area contributed by atoms with Crippen molar-refractivity contribution in [3.05, 3.63) is 35.6 Å². The number of benzene rings is 1. The Morgan fingerprint density at radius 1 is 1.28 bits per heavy atom. The second-order valence-corrected chi connectivity index (χ2v) is 5.28. The van der Waals surface area contributed by atoms with Crippen molar-refractivity contribution in [1.82, 2.24) is 10.2 Å². The second-order valence-electron chi connectivity index (χ2n) is 5.28. The van der Waals surface area contributed by atoms with Crippen molar-refractivity contribution < 1.29 is 4.39 Å². The first-order chi connectivity index (χ1) is 8.58. The summed E-state index contributed by atoms with van der Waals surface area (Å²) >= 11 is 0. The summed E-state index contributed by atoms with van der Waals surface area (Å²) in [4.78, 5) is 2.28. The maximum absolute atomic E-state index is 13.0. The molecular formula is C15H25FN2.